The van der Waals surface area contributed by atoms with Gasteiger partial charge in [0.15, 0.2) is 11.4 Å². The van der Waals surface area contributed by atoms with Crippen LogP contribution >= 0.6 is 23.1 Å². The van der Waals surface area contributed by atoms with Crippen LogP contribution in [0.2, 0.25) is 0 Å². The highest BCUT2D eigenvalue weighted by Gasteiger charge is 2.43. The van der Waals surface area contributed by atoms with Crippen molar-refractivity contribution in [3.05, 3.63) is 34.4 Å². The number of halogens is 3. The van der Waals surface area contributed by atoms with Gasteiger partial charge in [0.25, 0.3) is 5.91 Å². The molecule has 3 rings (SSSR count). The Labute approximate surface area is 170 Å². The Bertz CT molecular complexity index is 1050. The Morgan fingerprint density at radius 1 is 1.34 bits per heavy atom. The zero-order valence-electron chi connectivity index (χ0n) is 14.8. The predicted octanol–water partition coefficient (Wildman–Crippen LogP) is 1.94. The van der Waals surface area contributed by atoms with E-state index in [-0.39, 0.29) is 18.1 Å². The van der Waals surface area contributed by atoms with Gasteiger partial charge in [-0.15, -0.1) is 11.3 Å². The smallest absolute Gasteiger partial charge is 0.376 e. The van der Waals surface area contributed by atoms with Gasteiger partial charge in [0.2, 0.25) is 6.10 Å². The maximum absolute atomic E-state index is 12.4. The Morgan fingerprint density at radius 3 is 2.83 bits per heavy atom. The van der Waals surface area contributed by atoms with Crippen molar-refractivity contribution >= 4 is 45.8 Å². The van der Waals surface area contributed by atoms with E-state index < -0.39 is 18.2 Å². The van der Waals surface area contributed by atoms with Crippen LogP contribution in [0.3, 0.4) is 0 Å². The van der Waals surface area contributed by atoms with Crippen molar-refractivity contribution in [2.45, 2.75) is 23.9 Å². The van der Waals surface area contributed by atoms with Crippen LogP contribution in [0.5, 0.6) is 0 Å². The molecule has 1 amide bonds. The second kappa shape index (κ2) is 8.47. The minimum absolute atomic E-state index is 0.0973. The molecule has 0 aromatic carbocycles. The minimum atomic E-state index is -5.03. The molecule has 2 N–H and O–H groups in total. The lowest BCUT2D eigenvalue weighted by molar-refractivity contribution is -0.205. The average molecular weight is 445 g/mol. The van der Waals surface area contributed by atoms with Crippen molar-refractivity contribution in [2.75, 3.05) is 5.75 Å². The van der Waals surface area contributed by atoms with Crippen LogP contribution in [0.1, 0.15) is 14.5 Å². The number of carbonyl (C=O) groups excluding carboxylic acids is 2. The number of thiophene rings is 1. The van der Waals surface area contributed by atoms with Crippen LogP contribution < -0.4 is 5.32 Å². The molecule has 154 valence electrons. The first-order valence-corrected chi connectivity index (χ1v) is 9.87. The van der Waals surface area contributed by atoms with E-state index in [2.05, 4.69) is 15.1 Å². The van der Waals surface area contributed by atoms with E-state index >= 15 is 0 Å². The summed E-state index contributed by atoms with van der Waals surface area (Å²) in [5, 5.41) is 16.3. The van der Waals surface area contributed by atoms with Gasteiger partial charge < -0.3 is 10.4 Å². The summed E-state index contributed by atoms with van der Waals surface area (Å²) in [7, 11) is 1.74. The topological polar surface area (TPSA) is 110 Å². The molecule has 13 heteroatoms. The lowest BCUT2D eigenvalue weighted by Gasteiger charge is -2.13. The molecule has 0 aliphatic carbocycles. The number of nitrogens with zero attached hydrogens (tertiary/aromatic N) is 4. The molecule has 0 aliphatic heterocycles. The van der Waals surface area contributed by atoms with E-state index in [1.165, 1.54) is 30.2 Å². The molecular formula is C16H14F3N5O3S2. The van der Waals surface area contributed by atoms with Crippen LogP contribution in [-0.2, 0) is 18.4 Å². The van der Waals surface area contributed by atoms with E-state index in [4.69, 9.17) is 5.11 Å². The SMILES string of the molecule is Cn1ncc2c(SCC(=O)c3ccc(CNC(=O)C(O)C(F)(F)F)s3)ncnc21. The van der Waals surface area contributed by atoms with E-state index in [9.17, 15) is 22.8 Å². The van der Waals surface area contributed by atoms with Gasteiger partial charge in [-0.05, 0) is 12.1 Å². The molecule has 0 saturated heterocycles. The lowest BCUT2D eigenvalue weighted by Crippen LogP contribution is -2.43. The van der Waals surface area contributed by atoms with Crippen molar-refractivity contribution in [2.24, 2.45) is 7.05 Å². The molecule has 1 atom stereocenters. The van der Waals surface area contributed by atoms with Gasteiger partial charge in [-0.1, -0.05) is 11.8 Å². The maximum Gasteiger partial charge on any atom is 0.423 e. The maximum atomic E-state index is 12.4. The first-order valence-electron chi connectivity index (χ1n) is 8.06. The molecule has 0 saturated carbocycles. The van der Waals surface area contributed by atoms with E-state index in [1.807, 2.05) is 5.32 Å². The highest BCUT2D eigenvalue weighted by Crippen LogP contribution is 2.26. The average Bonchev–Trinajstić information content (AvgIpc) is 3.30. The van der Waals surface area contributed by atoms with Crippen LogP contribution in [0.15, 0.2) is 29.7 Å². The Morgan fingerprint density at radius 2 is 2.10 bits per heavy atom. The molecule has 8 nitrogen and oxygen atoms in total. The molecular weight excluding hydrogens is 431 g/mol. The fourth-order valence-electron chi connectivity index (χ4n) is 2.30. The number of Topliss-reactive ketones (excluding diaryl/α,β-unsaturated/α-hetero) is 1. The lowest BCUT2D eigenvalue weighted by atomic mass is 10.3. The third-order valence-corrected chi connectivity index (χ3v) is 5.90. The molecule has 0 radical (unpaired) electrons. The van der Waals surface area contributed by atoms with Gasteiger partial charge in [0.1, 0.15) is 11.4 Å². The summed E-state index contributed by atoms with van der Waals surface area (Å²) < 4.78 is 38.5. The number of hydrogen-bond acceptors (Lipinski definition) is 8. The van der Waals surface area contributed by atoms with Crippen molar-refractivity contribution in [3.63, 3.8) is 0 Å². The number of hydrogen-bond donors (Lipinski definition) is 2. The standard InChI is InChI=1S/C16H14F3N5O3S2/c1-24-13-9(5-23-24)15(22-7-21-13)28-6-10(25)11-3-2-8(29-11)4-20-14(27)12(26)16(17,18)19/h2-3,5,7,12,26H,4,6H2,1H3,(H,20,27). The number of fused-ring (bicyclic) bond motifs is 1. The highest BCUT2D eigenvalue weighted by molar-refractivity contribution is 8.00. The number of amides is 1. The predicted molar refractivity (Wildman–Crippen MR) is 99.6 cm³/mol. The summed E-state index contributed by atoms with van der Waals surface area (Å²) in [6.07, 6.45) is -5.11. The Balaban J connectivity index is 1.57. The Hall–Kier alpha value is -2.51. The molecule has 0 bridgehead atoms. The number of aromatic nitrogens is 4. The van der Waals surface area contributed by atoms with Gasteiger partial charge >= 0.3 is 6.18 Å². The van der Waals surface area contributed by atoms with Gasteiger partial charge in [0, 0.05) is 11.9 Å². The van der Waals surface area contributed by atoms with E-state index in [1.54, 1.807) is 17.9 Å². The summed E-state index contributed by atoms with van der Waals surface area (Å²) in [6, 6.07) is 3.07. The van der Waals surface area contributed by atoms with Gasteiger partial charge in [-0.3, -0.25) is 14.3 Å². The van der Waals surface area contributed by atoms with Gasteiger partial charge in [0.05, 0.1) is 28.8 Å². The fraction of sp³-hybridized carbons (Fsp3) is 0.312. The number of aliphatic hydroxyl groups excluding tert-OH is 1. The second-order valence-corrected chi connectivity index (χ2v) is 7.96. The number of aryl methyl sites for hydroxylation is 1. The third kappa shape index (κ3) is 4.92. The molecule has 3 aromatic heterocycles. The fourth-order valence-corrected chi connectivity index (χ4v) is 4.12. The Kier molecular flexibility index (Phi) is 6.19. The van der Waals surface area contributed by atoms with Crippen LogP contribution in [0, 0.1) is 0 Å². The summed E-state index contributed by atoms with van der Waals surface area (Å²) in [4.78, 5) is 32.9. The van der Waals surface area contributed by atoms with Crippen LogP contribution in [-0.4, -0.2) is 54.6 Å². The molecule has 0 fully saturated rings. The first-order chi connectivity index (χ1) is 13.7. The molecule has 3 heterocycles. The third-order valence-electron chi connectivity index (χ3n) is 3.76. The number of thioether (sulfide) groups is 1. The first kappa shape index (κ1) is 21.2. The highest BCUT2D eigenvalue weighted by atomic mass is 32.2. The number of rotatable bonds is 7. The summed E-state index contributed by atoms with van der Waals surface area (Å²) in [5.41, 5.74) is 0.644. The largest absolute Gasteiger partial charge is 0.423 e. The quantitative estimate of drug-likeness (QED) is 0.325. The molecule has 3 aromatic rings. The van der Waals surface area contributed by atoms with Crippen molar-refractivity contribution < 1.29 is 27.9 Å². The van der Waals surface area contributed by atoms with E-state index in [0.29, 0.717) is 20.4 Å². The number of aliphatic hydroxyl groups is 1. The number of nitrogens with one attached hydrogen (secondary N) is 1. The van der Waals surface area contributed by atoms with Crippen molar-refractivity contribution in [3.8, 4) is 0 Å². The zero-order valence-corrected chi connectivity index (χ0v) is 16.4. The normalized spacial score (nSPS) is 12.9. The summed E-state index contributed by atoms with van der Waals surface area (Å²) >= 11 is 2.28. The monoisotopic (exact) mass is 445 g/mol. The summed E-state index contributed by atoms with van der Waals surface area (Å²) in [5.74, 6) is -1.64. The van der Waals surface area contributed by atoms with Crippen LogP contribution in [0.25, 0.3) is 11.0 Å². The number of ketones is 1. The van der Waals surface area contributed by atoms with Crippen LogP contribution in [0.4, 0.5) is 13.2 Å². The minimum Gasteiger partial charge on any atom is -0.376 e. The molecule has 0 aliphatic rings. The number of alkyl halides is 3. The van der Waals surface area contributed by atoms with Gasteiger partial charge in [-0.2, -0.15) is 18.3 Å². The van der Waals surface area contributed by atoms with Crippen molar-refractivity contribution in [1.82, 2.24) is 25.1 Å². The number of carbonyl (C=O) groups is 2. The second-order valence-electron chi connectivity index (χ2n) is 5.82. The molecule has 1 unspecified atom stereocenters. The molecule has 0 spiro atoms. The van der Waals surface area contributed by atoms with E-state index in [0.717, 1.165) is 16.7 Å². The van der Waals surface area contributed by atoms with Crippen molar-refractivity contribution in [1.29, 1.82) is 0 Å². The molecule has 29 heavy (non-hydrogen) atoms. The van der Waals surface area contributed by atoms with Gasteiger partial charge in [-0.25, -0.2) is 9.97 Å². The zero-order chi connectivity index (χ0) is 21.2. The summed E-state index contributed by atoms with van der Waals surface area (Å²) in [6.45, 7) is -0.223.